The van der Waals surface area contributed by atoms with E-state index in [4.69, 9.17) is 15.0 Å². The summed E-state index contributed by atoms with van der Waals surface area (Å²) < 4.78 is 0. The molecule has 3 aromatic carbocycles. The van der Waals surface area contributed by atoms with E-state index in [-0.39, 0.29) is 16.2 Å². The Balaban J connectivity index is 1.82. The number of benzene rings is 3. The smallest absolute Gasteiger partial charge is 0.164 e. The molecule has 0 unspecified atom stereocenters. The molecule has 0 bridgehead atoms. The molecule has 3 heteroatoms. The molecule has 4 rings (SSSR count). The Kier molecular flexibility index (Phi) is 7.12. The van der Waals surface area contributed by atoms with Gasteiger partial charge in [-0.05, 0) is 39.4 Å². The summed E-state index contributed by atoms with van der Waals surface area (Å²) >= 11 is 0. The lowest BCUT2D eigenvalue weighted by molar-refractivity contribution is 0.506. The Morgan fingerprint density at radius 2 is 0.703 bits per heavy atom. The second-order valence-corrected chi connectivity index (χ2v) is 12.8. The highest BCUT2D eigenvalue weighted by atomic mass is 15.0. The molecule has 0 saturated heterocycles. The minimum atomic E-state index is 0.0940. The zero-order valence-corrected chi connectivity index (χ0v) is 24.0. The van der Waals surface area contributed by atoms with E-state index >= 15 is 0 Å². The average molecular weight is 492 g/mol. The van der Waals surface area contributed by atoms with Gasteiger partial charge >= 0.3 is 0 Å². The fraction of sp³-hybridized carbons (Fsp3) is 0.382. The highest BCUT2D eigenvalue weighted by Gasteiger charge is 2.20. The van der Waals surface area contributed by atoms with Gasteiger partial charge in [0.1, 0.15) is 0 Å². The number of nitrogens with zero attached hydrogens (tertiary/aromatic N) is 3. The number of hydrogen-bond donors (Lipinski definition) is 0. The Bertz CT molecular complexity index is 1270. The molecule has 0 aliphatic carbocycles. The van der Waals surface area contributed by atoms with Crippen molar-refractivity contribution in [1.82, 2.24) is 15.0 Å². The Morgan fingerprint density at radius 1 is 0.432 bits per heavy atom. The van der Waals surface area contributed by atoms with Crippen molar-refractivity contribution in [3.63, 3.8) is 0 Å². The number of hydrogen-bond acceptors (Lipinski definition) is 3. The quantitative estimate of drug-likeness (QED) is 0.279. The summed E-state index contributed by atoms with van der Waals surface area (Å²) in [6.45, 7) is 20.2. The lowest BCUT2D eigenvalue weighted by Crippen LogP contribution is -2.15. The summed E-state index contributed by atoms with van der Waals surface area (Å²) in [5.74, 6) is 2.08. The van der Waals surface area contributed by atoms with E-state index in [0.717, 1.165) is 23.1 Å². The van der Waals surface area contributed by atoms with Gasteiger partial charge in [0.25, 0.3) is 0 Å². The van der Waals surface area contributed by atoms with Crippen molar-refractivity contribution < 1.29 is 0 Å². The third kappa shape index (κ3) is 5.98. The van der Waals surface area contributed by atoms with Gasteiger partial charge in [-0.2, -0.15) is 0 Å². The molecule has 0 aliphatic heterocycles. The van der Waals surface area contributed by atoms with Crippen LogP contribution < -0.4 is 0 Å². The van der Waals surface area contributed by atoms with Crippen molar-refractivity contribution >= 4 is 0 Å². The third-order valence-electron chi connectivity index (χ3n) is 7.46. The average Bonchev–Trinajstić information content (AvgIpc) is 2.87. The molecule has 0 atom stereocenters. The van der Waals surface area contributed by atoms with Gasteiger partial charge < -0.3 is 0 Å². The van der Waals surface area contributed by atoms with Crippen LogP contribution in [0.1, 0.15) is 85.4 Å². The maximum absolute atomic E-state index is 4.94. The topological polar surface area (TPSA) is 38.7 Å². The first-order valence-electron chi connectivity index (χ1n) is 13.4. The van der Waals surface area contributed by atoms with Gasteiger partial charge in [-0.3, -0.25) is 0 Å². The molecule has 0 amide bonds. The molecule has 1 aromatic heterocycles. The predicted molar refractivity (Wildman–Crippen MR) is 157 cm³/mol. The van der Waals surface area contributed by atoms with E-state index in [1.165, 1.54) is 16.7 Å². The molecule has 192 valence electrons. The normalized spacial score (nSPS) is 12.6. The molecule has 0 spiro atoms. The summed E-state index contributed by atoms with van der Waals surface area (Å²) in [5.41, 5.74) is 7.21. The Hall–Kier alpha value is -3.33. The fourth-order valence-electron chi connectivity index (χ4n) is 4.28. The molecule has 0 aliphatic rings. The van der Waals surface area contributed by atoms with Gasteiger partial charge in [0.2, 0.25) is 0 Å². The third-order valence-corrected chi connectivity index (χ3v) is 7.46. The minimum absolute atomic E-state index is 0.0940. The van der Waals surface area contributed by atoms with E-state index in [0.29, 0.717) is 17.5 Å². The molecule has 37 heavy (non-hydrogen) atoms. The first kappa shape index (κ1) is 26.7. The van der Waals surface area contributed by atoms with E-state index in [1.54, 1.807) is 0 Å². The van der Waals surface area contributed by atoms with E-state index < -0.39 is 0 Å². The Morgan fingerprint density at radius 3 is 0.946 bits per heavy atom. The van der Waals surface area contributed by atoms with Gasteiger partial charge in [-0.25, -0.2) is 15.0 Å². The second-order valence-electron chi connectivity index (χ2n) is 12.8. The SMILES string of the molecule is CCC(C)(C)c1ccc(-c2nc(-c3ccc(C(C)(C)C)cc3)nc(-c3ccc(C(C)(C)C)cc3)n2)cc1. The van der Waals surface area contributed by atoms with Gasteiger partial charge in [0, 0.05) is 16.7 Å². The first-order valence-corrected chi connectivity index (χ1v) is 13.4. The monoisotopic (exact) mass is 491 g/mol. The minimum Gasteiger partial charge on any atom is -0.208 e. The molecule has 0 N–H and O–H groups in total. The van der Waals surface area contributed by atoms with Crippen molar-refractivity contribution in [2.45, 2.75) is 85.0 Å². The van der Waals surface area contributed by atoms with Crippen LogP contribution in [0, 0.1) is 0 Å². The highest BCUT2D eigenvalue weighted by molar-refractivity contribution is 5.67. The van der Waals surface area contributed by atoms with Gasteiger partial charge in [-0.15, -0.1) is 0 Å². The van der Waals surface area contributed by atoms with E-state index in [9.17, 15) is 0 Å². The second kappa shape index (κ2) is 9.85. The maximum Gasteiger partial charge on any atom is 0.164 e. The summed E-state index contributed by atoms with van der Waals surface area (Å²) in [6.07, 6.45) is 1.08. The van der Waals surface area contributed by atoms with E-state index in [2.05, 4.69) is 135 Å². The van der Waals surface area contributed by atoms with Crippen LogP contribution in [0.4, 0.5) is 0 Å². The van der Waals surface area contributed by atoms with E-state index in [1.807, 2.05) is 0 Å². The zero-order chi connectivity index (χ0) is 27.0. The molecular weight excluding hydrogens is 450 g/mol. The molecule has 1 heterocycles. The summed E-state index contributed by atoms with van der Waals surface area (Å²) in [7, 11) is 0. The van der Waals surface area contributed by atoms with Crippen LogP contribution in [-0.4, -0.2) is 15.0 Å². The van der Waals surface area contributed by atoms with Crippen LogP contribution in [0.5, 0.6) is 0 Å². The van der Waals surface area contributed by atoms with Crippen molar-refractivity contribution in [3.8, 4) is 34.2 Å². The molecule has 4 aromatic rings. The van der Waals surface area contributed by atoms with Crippen molar-refractivity contribution in [2.24, 2.45) is 0 Å². The predicted octanol–water partition coefficient (Wildman–Crippen LogP) is 9.16. The Labute approximate surface area is 223 Å². The summed E-state index contributed by atoms with van der Waals surface area (Å²) in [6, 6.07) is 25.9. The lowest BCUT2D eigenvalue weighted by atomic mass is 9.82. The molecule has 0 radical (unpaired) electrons. The van der Waals surface area contributed by atoms with Gasteiger partial charge in [0.15, 0.2) is 17.5 Å². The van der Waals surface area contributed by atoms with Crippen LogP contribution >= 0.6 is 0 Å². The van der Waals surface area contributed by atoms with Crippen LogP contribution in [0.2, 0.25) is 0 Å². The van der Waals surface area contributed by atoms with Crippen molar-refractivity contribution in [1.29, 1.82) is 0 Å². The maximum atomic E-state index is 4.94. The molecular formula is C34H41N3. The summed E-state index contributed by atoms with van der Waals surface area (Å²) in [5, 5.41) is 0. The highest BCUT2D eigenvalue weighted by Crippen LogP contribution is 2.31. The standard InChI is InChI=1S/C34H41N3/c1-10-34(8,9)28-21-15-25(16-22-28)31-36-29(23-11-17-26(18-12-23)32(2,3)4)35-30(37-31)24-13-19-27(20-14-24)33(5,6)7/h11-22H,10H2,1-9H3. The molecule has 3 nitrogen and oxygen atoms in total. The fourth-order valence-corrected chi connectivity index (χ4v) is 4.28. The van der Waals surface area contributed by atoms with Gasteiger partial charge in [-0.1, -0.05) is 135 Å². The van der Waals surface area contributed by atoms with Gasteiger partial charge in [0.05, 0.1) is 0 Å². The first-order chi connectivity index (χ1) is 17.3. The van der Waals surface area contributed by atoms with Crippen LogP contribution in [-0.2, 0) is 16.2 Å². The van der Waals surface area contributed by atoms with Crippen molar-refractivity contribution in [2.75, 3.05) is 0 Å². The summed E-state index contributed by atoms with van der Waals surface area (Å²) in [4.78, 5) is 14.8. The van der Waals surface area contributed by atoms with Crippen LogP contribution in [0.3, 0.4) is 0 Å². The largest absolute Gasteiger partial charge is 0.208 e. The molecule has 0 saturated carbocycles. The molecule has 0 fully saturated rings. The lowest BCUT2D eigenvalue weighted by Gasteiger charge is -2.23. The van der Waals surface area contributed by atoms with Crippen LogP contribution in [0.25, 0.3) is 34.2 Å². The van der Waals surface area contributed by atoms with Crippen LogP contribution in [0.15, 0.2) is 72.8 Å². The number of aromatic nitrogens is 3. The zero-order valence-electron chi connectivity index (χ0n) is 24.0. The number of rotatable bonds is 5. The van der Waals surface area contributed by atoms with Crippen molar-refractivity contribution in [3.05, 3.63) is 89.5 Å².